The lowest BCUT2D eigenvalue weighted by Crippen LogP contribution is -2.36. The normalized spacial score (nSPS) is 40.2. The van der Waals surface area contributed by atoms with Crippen molar-refractivity contribution in [2.24, 2.45) is 11.8 Å². The van der Waals surface area contributed by atoms with Crippen molar-refractivity contribution in [3.8, 4) is 0 Å². The first-order valence-electron chi connectivity index (χ1n) is 4.92. The van der Waals surface area contributed by atoms with Crippen molar-refractivity contribution >= 4 is 18.9 Å². The van der Waals surface area contributed by atoms with Crippen LogP contribution in [0.3, 0.4) is 0 Å². The van der Waals surface area contributed by atoms with E-state index < -0.39 is 0 Å². The van der Waals surface area contributed by atoms with Gasteiger partial charge in [0.2, 0.25) is 0 Å². The van der Waals surface area contributed by atoms with Crippen molar-refractivity contribution in [3.63, 3.8) is 0 Å². The lowest BCUT2D eigenvalue weighted by atomic mass is 9.88. The third-order valence-electron chi connectivity index (χ3n) is 2.75. The van der Waals surface area contributed by atoms with E-state index in [9.17, 15) is 4.79 Å². The molecule has 13 heavy (non-hydrogen) atoms. The van der Waals surface area contributed by atoms with E-state index in [0.29, 0.717) is 18.3 Å². The molecule has 3 heteroatoms. The summed E-state index contributed by atoms with van der Waals surface area (Å²) in [6.07, 6.45) is 3.78. The van der Waals surface area contributed by atoms with E-state index in [2.05, 4.69) is 26.5 Å². The summed E-state index contributed by atoms with van der Waals surface area (Å²) >= 11 is 4.37. The average molecular weight is 202 g/mol. The summed E-state index contributed by atoms with van der Waals surface area (Å²) in [7, 11) is 0. The van der Waals surface area contributed by atoms with Crippen LogP contribution in [0.2, 0.25) is 0 Å². The molecule has 0 saturated carbocycles. The number of carbonyl (C=O) groups is 1. The first-order valence-corrected chi connectivity index (χ1v) is 5.44. The van der Waals surface area contributed by atoms with Crippen LogP contribution in [0.4, 0.5) is 0 Å². The SMILES string of the molecule is C[C@@H]1C[C@H](C)[C@H](CCC=O)O[C@H]1S. The molecule has 76 valence electrons. The van der Waals surface area contributed by atoms with Crippen molar-refractivity contribution in [3.05, 3.63) is 0 Å². The first kappa shape index (κ1) is 11.1. The molecule has 0 aromatic heterocycles. The second-order valence-corrected chi connectivity index (χ2v) is 4.51. The Kier molecular flexibility index (Phi) is 4.26. The van der Waals surface area contributed by atoms with Crippen LogP contribution in [-0.2, 0) is 9.53 Å². The van der Waals surface area contributed by atoms with Crippen LogP contribution in [0, 0.1) is 11.8 Å². The zero-order chi connectivity index (χ0) is 9.84. The maximum atomic E-state index is 10.2. The van der Waals surface area contributed by atoms with Gasteiger partial charge in [0.1, 0.15) is 11.7 Å². The van der Waals surface area contributed by atoms with Crippen molar-refractivity contribution in [1.29, 1.82) is 0 Å². The maximum absolute atomic E-state index is 10.2. The Hall–Kier alpha value is -0.0200. The van der Waals surface area contributed by atoms with Gasteiger partial charge < -0.3 is 9.53 Å². The fourth-order valence-electron chi connectivity index (χ4n) is 1.89. The summed E-state index contributed by atoms with van der Waals surface area (Å²) in [5.74, 6) is 1.07. The molecule has 0 spiro atoms. The highest BCUT2D eigenvalue weighted by Gasteiger charge is 2.30. The third kappa shape index (κ3) is 2.99. The Morgan fingerprint density at radius 1 is 1.46 bits per heavy atom. The largest absolute Gasteiger partial charge is 0.364 e. The molecule has 2 nitrogen and oxygen atoms in total. The molecule has 0 aromatic carbocycles. The van der Waals surface area contributed by atoms with E-state index in [1.807, 2.05) is 0 Å². The third-order valence-corrected chi connectivity index (χ3v) is 3.38. The molecule has 0 bridgehead atoms. The monoisotopic (exact) mass is 202 g/mol. The quantitative estimate of drug-likeness (QED) is 0.561. The van der Waals surface area contributed by atoms with E-state index in [-0.39, 0.29) is 11.5 Å². The van der Waals surface area contributed by atoms with Crippen LogP contribution in [-0.4, -0.2) is 17.8 Å². The van der Waals surface area contributed by atoms with Crippen molar-refractivity contribution in [1.82, 2.24) is 0 Å². The molecule has 0 N–H and O–H groups in total. The molecular weight excluding hydrogens is 184 g/mol. The summed E-state index contributed by atoms with van der Waals surface area (Å²) in [4.78, 5) is 10.2. The fourth-order valence-corrected chi connectivity index (χ4v) is 2.16. The Bertz CT molecular complexity index is 172. The minimum absolute atomic E-state index is 0.0489. The molecule has 0 aliphatic carbocycles. The number of rotatable bonds is 3. The summed E-state index contributed by atoms with van der Waals surface area (Å²) in [6, 6.07) is 0. The highest BCUT2D eigenvalue weighted by Crippen LogP contribution is 2.32. The number of hydrogen-bond donors (Lipinski definition) is 1. The molecule has 1 rings (SSSR count). The predicted octanol–water partition coefficient (Wildman–Crippen LogP) is 2.28. The molecular formula is C10H18O2S. The number of ether oxygens (including phenoxy) is 1. The minimum atomic E-state index is 0.0489. The van der Waals surface area contributed by atoms with Crippen LogP contribution in [0.1, 0.15) is 33.1 Å². The Morgan fingerprint density at radius 2 is 2.15 bits per heavy atom. The molecule has 0 aromatic rings. The van der Waals surface area contributed by atoms with Crippen LogP contribution in [0.25, 0.3) is 0 Å². The van der Waals surface area contributed by atoms with Gasteiger partial charge >= 0.3 is 0 Å². The molecule has 4 atom stereocenters. The fraction of sp³-hybridized carbons (Fsp3) is 0.900. The highest BCUT2D eigenvalue weighted by molar-refractivity contribution is 7.80. The van der Waals surface area contributed by atoms with Gasteiger partial charge in [-0.3, -0.25) is 0 Å². The van der Waals surface area contributed by atoms with Crippen molar-refractivity contribution in [2.75, 3.05) is 0 Å². The van der Waals surface area contributed by atoms with Crippen LogP contribution < -0.4 is 0 Å². The summed E-state index contributed by atoms with van der Waals surface area (Å²) in [6.45, 7) is 4.34. The molecule has 1 aliphatic heterocycles. The molecule has 1 heterocycles. The first-order chi connectivity index (χ1) is 6.15. The lowest BCUT2D eigenvalue weighted by Gasteiger charge is -2.36. The summed E-state index contributed by atoms with van der Waals surface area (Å²) in [5, 5.41) is 0. The van der Waals surface area contributed by atoms with Gasteiger partial charge in [0.15, 0.2) is 0 Å². The average Bonchev–Trinajstić information content (AvgIpc) is 2.09. The standard InChI is InChI=1S/C10H18O2S/c1-7-6-8(2)10(13)12-9(7)4-3-5-11/h5,7-10,13H,3-4,6H2,1-2H3/t7-,8+,9-,10-/m0/s1. The molecule has 0 radical (unpaired) electrons. The summed E-state index contributed by atoms with van der Waals surface area (Å²) < 4.78 is 5.72. The van der Waals surface area contributed by atoms with E-state index in [4.69, 9.17) is 4.74 Å². The minimum Gasteiger partial charge on any atom is -0.364 e. The van der Waals surface area contributed by atoms with Gasteiger partial charge in [0, 0.05) is 6.42 Å². The van der Waals surface area contributed by atoms with Gasteiger partial charge in [0.25, 0.3) is 0 Å². The van der Waals surface area contributed by atoms with Gasteiger partial charge in [-0.2, -0.15) is 0 Å². The molecule has 0 amide bonds. The molecule has 0 unspecified atom stereocenters. The molecule has 1 fully saturated rings. The Morgan fingerprint density at radius 3 is 2.77 bits per heavy atom. The number of hydrogen-bond acceptors (Lipinski definition) is 3. The number of carbonyl (C=O) groups excluding carboxylic acids is 1. The molecule has 1 saturated heterocycles. The molecule has 1 aliphatic rings. The van der Waals surface area contributed by atoms with Crippen LogP contribution in [0.5, 0.6) is 0 Å². The van der Waals surface area contributed by atoms with E-state index in [1.54, 1.807) is 0 Å². The van der Waals surface area contributed by atoms with Gasteiger partial charge in [-0.05, 0) is 24.7 Å². The lowest BCUT2D eigenvalue weighted by molar-refractivity contribution is -0.110. The second kappa shape index (κ2) is 5.01. The van der Waals surface area contributed by atoms with Gasteiger partial charge in [-0.25, -0.2) is 0 Å². The number of aldehydes is 1. The Balaban J connectivity index is 2.41. The van der Waals surface area contributed by atoms with E-state index in [1.165, 1.54) is 0 Å². The number of thiol groups is 1. The van der Waals surface area contributed by atoms with Crippen LogP contribution >= 0.6 is 12.6 Å². The second-order valence-electron chi connectivity index (χ2n) is 4.00. The van der Waals surface area contributed by atoms with Gasteiger partial charge in [0.05, 0.1) is 6.10 Å². The zero-order valence-corrected chi connectivity index (χ0v) is 9.17. The van der Waals surface area contributed by atoms with Crippen LogP contribution in [0.15, 0.2) is 0 Å². The summed E-state index contributed by atoms with van der Waals surface area (Å²) in [5.41, 5.74) is 0.0489. The van der Waals surface area contributed by atoms with Crippen molar-refractivity contribution < 1.29 is 9.53 Å². The predicted molar refractivity (Wildman–Crippen MR) is 55.9 cm³/mol. The maximum Gasteiger partial charge on any atom is 0.120 e. The highest BCUT2D eigenvalue weighted by atomic mass is 32.1. The van der Waals surface area contributed by atoms with Gasteiger partial charge in [-0.1, -0.05) is 13.8 Å². The smallest absolute Gasteiger partial charge is 0.120 e. The Labute approximate surface area is 85.4 Å². The van der Waals surface area contributed by atoms with E-state index in [0.717, 1.165) is 19.1 Å². The zero-order valence-electron chi connectivity index (χ0n) is 8.27. The van der Waals surface area contributed by atoms with E-state index >= 15 is 0 Å². The topological polar surface area (TPSA) is 26.3 Å². The van der Waals surface area contributed by atoms with Crippen molar-refractivity contribution in [2.45, 2.75) is 44.6 Å². The van der Waals surface area contributed by atoms with Gasteiger partial charge in [-0.15, -0.1) is 12.6 Å².